The minimum atomic E-state index is -6.50. The van der Waals surface area contributed by atoms with Crippen LogP contribution in [-0.4, -0.2) is 34.9 Å². The van der Waals surface area contributed by atoms with Gasteiger partial charge in [0.1, 0.15) is 17.2 Å². The third-order valence-electron chi connectivity index (χ3n) is 8.74. The quantitative estimate of drug-likeness (QED) is 0.368. The molecule has 6 nitrogen and oxygen atoms in total. The summed E-state index contributed by atoms with van der Waals surface area (Å²) in [6.45, 7) is 3.02. The van der Waals surface area contributed by atoms with Crippen molar-refractivity contribution in [1.82, 2.24) is 4.98 Å². The van der Waals surface area contributed by atoms with Crippen LogP contribution in [0.25, 0.3) is 0 Å². The molecule has 1 N–H and O–H groups in total. The average Bonchev–Trinajstić information content (AvgIpc) is 3.18. The number of nitrogens with one attached hydrogen (secondary N) is 1. The van der Waals surface area contributed by atoms with Crippen LogP contribution in [0.15, 0.2) is 30.3 Å². The molecule has 0 unspecified atom stereocenters. The molecule has 222 valence electrons. The molecular formula is C28H27F7N2O4. The number of hydrogen-bond donors (Lipinski definition) is 1. The van der Waals surface area contributed by atoms with Crippen LogP contribution in [0.3, 0.4) is 0 Å². The first-order valence-corrected chi connectivity index (χ1v) is 13.2. The van der Waals surface area contributed by atoms with Crippen LogP contribution in [0.5, 0.6) is 17.5 Å². The summed E-state index contributed by atoms with van der Waals surface area (Å²) >= 11 is 0. The molecule has 0 aliphatic heterocycles. The highest BCUT2D eigenvalue weighted by atomic mass is 19.4. The van der Waals surface area contributed by atoms with Gasteiger partial charge in [0.2, 0.25) is 17.7 Å². The maximum absolute atomic E-state index is 14.3. The zero-order valence-electron chi connectivity index (χ0n) is 22.1. The molecule has 2 fully saturated rings. The number of aryl methyl sites for hydroxylation is 1. The lowest BCUT2D eigenvalue weighted by Gasteiger charge is -2.48. The number of alkyl halides is 7. The van der Waals surface area contributed by atoms with E-state index in [-0.39, 0.29) is 17.1 Å². The highest BCUT2D eigenvalue weighted by Crippen LogP contribution is 2.59. The smallest absolute Gasteiger partial charge is 0.439 e. The summed E-state index contributed by atoms with van der Waals surface area (Å²) in [6.07, 6.45) is -8.24. The fourth-order valence-corrected chi connectivity index (χ4v) is 6.77. The number of carbonyl (C=O) groups is 2. The molecule has 0 saturated heterocycles. The minimum Gasteiger partial charge on any atom is -0.439 e. The van der Waals surface area contributed by atoms with Crippen LogP contribution in [0.1, 0.15) is 63.0 Å². The first kappa shape index (κ1) is 29.1. The van der Waals surface area contributed by atoms with E-state index >= 15 is 0 Å². The second kappa shape index (κ2) is 9.87. The summed E-state index contributed by atoms with van der Waals surface area (Å²) in [4.78, 5) is 27.5. The number of anilines is 1. The Balaban J connectivity index is 1.41. The number of amides is 1. The molecule has 1 heterocycles. The third-order valence-corrected chi connectivity index (χ3v) is 8.74. The number of Topliss-reactive ketones (excluding diaryl/α,β-unsaturated/α-hetero) is 1. The van der Waals surface area contributed by atoms with E-state index in [0.717, 1.165) is 55.9 Å². The van der Waals surface area contributed by atoms with Crippen molar-refractivity contribution in [2.24, 2.45) is 17.3 Å². The Kier molecular flexibility index (Phi) is 7.01. The van der Waals surface area contributed by atoms with Gasteiger partial charge in [0, 0.05) is 24.8 Å². The topological polar surface area (TPSA) is 77.5 Å². The average molecular weight is 589 g/mol. The number of halogens is 7. The van der Waals surface area contributed by atoms with E-state index < -0.39 is 41.6 Å². The standard InChI is InChI=1S/C28H27F7N2O4/c1-14(38)36-21-8-10-23(37-24(21)41-26(29,27(30,31)32)28(33,34)35)40-16-4-6-17-15(13-16)3-5-19-18(17)11-12-25(2)20(19)7-9-22(25)39/h4,6,8,10,13,18-20H,3,5,7,9,11-12H2,1-2H3,(H,36,38)/t18-,19-,20+,25+/m1/s1. The Morgan fingerprint density at radius 3 is 2.37 bits per heavy atom. The molecule has 0 bridgehead atoms. The molecule has 2 saturated carbocycles. The fraction of sp³-hybridized carbons (Fsp3) is 0.536. The second-order valence-electron chi connectivity index (χ2n) is 11.2. The molecular weight excluding hydrogens is 561 g/mol. The SMILES string of the molecule is CC(=O)Nc1ccc(Oc2ccc3c(c2)CC[C@@H]2[C@@H]3CC[C@]3(C)C(=O)CC[C@@H]23)nc1OC(F)(C(F)(F)F)C(F)(F)F. The van der Waals surface area contributed by atoms with Gasteiger partial charge in [-0.3, -0.25) is 9.59 Å². The molecule has 41 heavy (non-hydrogen) atoms. The van der Waals surface area contributed by atoms with E-state index in [1.54, 1.807) is 12.1 Å². The van der Waals surface area contributed by atoms with E-state index in [2.05, 4.69) is 16.6 Å². The Hall–Kier alpha value is -3.38. The first-order valence-electron chi connectivity index (χ1n) is 13.2. The van der Waals surface area contributed by atoms with E-state index in [9.17, 15) is 40.3 Å². The molecule has 13 heteroatoms. The zero-order valence-corrected chi connectivity index (χ0v) is 22.1. The third kappa shape index (κ3) is 5.01. The van der Waals surface area contributed by atoms with Crippen molar-refractivity contribution in [3.63, 3.8) is 0 Å². The van der Waals surface area contributed by atoms with Gasteiger partial charge in [-0.2, -0.15) is 35.7 Å². The number of carbonyl (C=O) groups excluding carboxylic acids is 2. The Morgan fingerprint density at radius 2 is 1.71 bits per heavy atom. The van der Waals surface area contributed by atoms with Crippen LogP contribution in [0, 0.1) is 17.3 Å². The maximum Gasteiger partial charge on any atom is 0.470 e. The summed E-state index contributed by atoms with van der Waals surface area (Å²) < 4.78 is 103. The zero-order chi connectivity index (χ0) is 30.0. The number of hydrogen-bond acceptors (Lipinski definition) is 5. The Labute approximate surface area is 230 Å². The second-order valence-corrected chi connectivity index (χ2v) is 11.2. The summed E-state index contributed by atoms with van der Waals surface area (Å²) in [5, 5.41) is 1.97. The predicted octanol–water partition coefficient (Wildman–Crippen LogP) is 7.43. The van der Waals surface area contributed by atoms with Crippen LogP contribution >= 0.6 is 0 Å². The van der Waals surface area contributed by atoms with Gasteiger partial charge in [-0.05, 0) is 79.2 Å². The summed E-state index contributed by atoms with van der Waals surface area (Å²) in [5.74, 6) is -7.38. The summed E-state index contributed by atoms with van der Waals surface area (Å²) in [7, 11) is 0. The number of nitrogens with zero attached hydrogens (tertiary/aromatic N) is 1. The van der Waals surface area contributed by atoms with Crippen LogP contribution < -0.4 is 14.8 Å². The lowest BCUT2D eigenvalue weighted by Crippen LogP contribution is -2.57. The normalized spacial score (nSPS) is 26.1. The number of ketones is 1. The van der Waals surface area contributed by atoms with E-state index in [1.165, 1.54) is 0 Å². The van der Waals surface area contributed by atoms with Crippen LogP contribution in [-0.2, 0) is 16.0 Å². The van der Waals surface area contributed by atoms with Gasteiger partial charge < -0.3 is 14.8 Å². The number of rotatable bonds is 5. The number of fused-ring (bicyclic) bond motifs is 5. The van der Waals surface area contributed by atoms with Crippen molar-refractivity contribution < 1.29 is 49.8 Å². The molecule has 0 radical (unpaired) electrons. The molecule has 0 spiro atoms. The molecule has 1 amide bonds. The number of aromatic nitrogens is 1. The maximum atomic E-state index is 14.3. The molecule has 2 aromatic rings. The van der Waals surface area contributed by atoms with Crippen LogP contribution in [0.4, 0.5) is 36.4 Å². The van der Waals surface area contributed by atoms with Crippen molar-refractivity contribution in [1.29, 1.82) is 0 Å². The summed E-state index contributed by atoms with van der Waals surface area (Å²) in [5.41, 5.74) is 1.13. The summed E-state index contributed by atoms with van der Waals surface area (Å²) in [6, 6.07) is 7.21. The van der Waals surface area contributed by atoms with E-state index in [1.807, 2.05) is 11.4 Å². The molecule has 1 aromatic heterocycles. The van der Waals surface area contributed by atoms with Crippen LogP contribution in [0.2, 0.25) is 0 Å². The highest BCUT2D eigenvalue weighted by Gasteiger charge is 2.76. The molecule has 1 aromatic carbocycles. The van der Waals surface area contributed by atoms with E-state index in [0.29, 0.717) is 30.5 Å². The van der Waals surface area contributed by atoms with Gasteiger partial charge in [0.15, 0.2) is 0 Å². The first-order chi connectivity index (χ1) is 19.0. The van der Waals surface area contributed by atoms with Crippen molar-refractivity contribution in [2.45, 2.75) is 76.5 Å². The molecule has 4 atom stereocenters. The van der Waals surface area contributed by atoms with E-state index in [4.69, 9.17) is 4.74 Å². The van der Waals surface area contributed by atoms with Crippen molar-refractivity contribution in [3.8, 4) is 17.5 Å². The molecule has 3 aliphatic rings. The Bertz CT molecular complexity index is 1360. The van der Waals surface area contributed by atoms with Crippen molar-refractivity contribution in [2.75, 3.05) is 5.32 Å². The number of benzene rings is 1. The fourth-order valence-electron chi connectivity index (χ4n) is 6.77. The highest BCUT2D eigenvalue weighted by molar-refractivity contribution is 5.90. The van der Waals surface area contributed by atoms with Gasteiger partial charge in [0.05, 0.1) is 0 Å². The van der Waals surface area contributed by atoms with Gasteiger partial charge in [-0.25, -0.2) is 0 Å². The lowest BCUT2D eigenvalue weighted by molar-refractivity contribution is -0.406. The van der Waals surface area contributed by atoms with Crippen molar-refractivity contribution in [3.05, 3.63) is 41.5 Å². The minimum absolute atomic E-state index is 0.211. The van der Waals surface area contributed by atoms with Gasteiger partial charge >= 0.3 is 18.2 Å². The lowest BCUT2D eigenvalue weighted by atomic mass is 9.55. The van der Waals surface area contributed by atoms with Gasteiger partial charge in [-0.15, -0.1) is 0 Å². The molecule has 3 aliphatic carbocycles. The van der Waals surface area contributed by atoms with Gasteiger partial charge in [-0.1, -0.05) is 13.0 Å². The predicted molar refractivity (Wildman–Crippen MR) is 131 cm³/mol. The Morgan fingerprint density at radius 1 is 1.00 bits per heavy atom. The number of ether oxygens (including phenoxy) is 2. The number of pyridine rings is 1. The monoisotopic (exact) mass is 588 g/mol. The van der Waals surface area contributed by atoms with Gasteiger partial charge in [0.25, 0.3) is 0 Å². The molecule has 5 rings (SSSR count). The largest absolute Gasteiger partial charge is 0.470 e. The van der Waals surface area contributed by atoms with Crippen molar-refractivity contribution >= 4 is 17.4 Å².